The first-order valence-corrected chi connectivity index (χ1v) is 4.21. The van der Waals surface area contributed by atoms with Crippen molar-refractivity contribution in [1.29, 1.82) is 0 Å². The molecule has 0 heterocycles. The van der Waals surface area contributed by atoms with Gasteiger partial charge < -0.3 is 39.6 Å². The molecule has 0 saturated carbocycles. The average Bonchev–Trinajstić information content (AvgIpc) is 2.26. The third-order valence-corrected chi connectivity index (χ3v) is 1.86. The summed E-state index contributed by atoms with van der Waals surface area (Å²) in [6.45, 7) is 0. The molecule has 0 atom stereocenters. The Morgan fingerprint density at radius 2 is 0.700 bits per heavy atom. The Bertz CT molecular complexity index is 483. The summed E-state index contributed by atoms with van der Waals surface area (Å²) in [5, 5.41) is 34.8. The molecule has 0 bridgehead atoms. The number of carbonyl (C=O) groups is 4. The van der Waals surface area contributed by atoms with Gasteiger partial charge in [0.15, 0.2) is 0 Å². The van der Waals surface area contributed by atoms with Gasteiger partial charge in [0.25, 0.3) is 0 Å². The maximum atomic E-state index is 10.7. The number of benzene rings is 1. The van der Waals surface area contributed by atoms with Crippen molar-refractivity contribution in [1.82, 2.24) is 0 Å². The monoisotopic (exact) mass is 786 g/mol. The van der Waals surface area contributed by atoms with Gasteiger partial charge in [0.1, 0.15) is 0 Å². The van der Waals surface area contributed by atoms with Crippen LogP contribution in [0.1, 0.15) is 41.4 Å². The van der Waals surface area contributed by atoms with Crippen molar-refractivity contribution in [2.24, 2.45) is 0 Å². The predicted octanol–water partition coefficient (Wildman–Crippen LogP) is 0.0798. The van der Waals surface area contributed by atoms with Crippen LogP contribution >= 0.6 is 0 Å². The number of hydrogen-bond donors (Lipinski definition) is 4. The Hall–Kier alpha value is -4.90. The van der Waals surface area contributed by atoms with Crippen LogP contribution in [-0.4, -0.2) is 44.3 Å². The molecule has 0 aromatic heterocycles. The van der Waals surface area contributed by atoms with Crippen molar-refractivity contribution in [2.75, 3.05) is 0 Å². The smallest absolute Gasteiger partial charge is 0.231 e. The van der Waals surface area contributed by atoms with Gasteiger partial charge in [-0.15, -0.1) is 22.3 Å². The third kappa shape index (κ3) is 2.61. The van der Waals surface area contributed by atoms with E-state index in [1.165, 1.54) is 0 Å². The molecule has 0 aliphatic carbocycles. The van der Waals surface area contributed by atoms with Gasteiger partial charge in [-0.1, -0.05) is 0 Å². The zero-order chi connectivity index (χ0) is 14.0. The van der Waals surface area contributed by atoms with Gasteiger partial charge in [-0.2, -0.15) is 12.1 Å². The maximum absolute atomic E-state index is 10.7. The van der Waals surface area contributed by atoms with Crippen LogP contribution in [0.3, 0.4) is 0 Å². The van der Waals surface area contributed by atoms with E-state index in [1.807, 2.05) is 0 Å². The van der Waals surface area contributed by atoms with Crippen molar-refractivity contribution >= 4 is 23.9 Å². The van der Waals surface area contributed by atoms with Gasteiger partial charge in [-0.3, -0.25) is 0 Å². The third-order valence-electron chi connectivity index (χ3n) is 1.86. The van der Waals surface area contributed by atoms with E-state index in [1.54, 1.807) is 12.1 Å². The molecule has 1 aromatic carbocycles. The molecule has 98 valence electrons. The largest absolute Gasteiger partial charge is 0.518 e. The first-order valence-electron chi connectivity index (χ1n) is 4.21. The van der Waals surface area contributed by atoms with Crippen LogP contribution in [0.15, 0.2) is 0 Å². The molecule has 1 aromatic rings. The summed E-state index contributed by atoms with van der Waals surface area (Å²) in [4.78, 5) is 42.9. The zero-order valence-corrected chi connectivity index (χ0v) is 22.6. The number of carboxylic acids is 4. The Kier molecular flexibility index (Phi) is 4.75. The molecule has 0 aliphatic rings. The average molecular weight is 786 g/mol. The summed E-state index contributed by atoms with van der Waals surface area (Å²) in [6, 6.07) is 3.50. The first kappa shape index (κ1) is 17.5. The molecule has 0 spiro atoms. The standard InChI is InChI=1S/C10H4O8.2Rf/c11-7(12)3-1-4(8(13)14)6(10(17)18)2-5(3)9(15)16;;/h(H,11,12)(H,13,14)(H,15,16)(H,17,18);;/q-2;;. The normalized spacial score (nSPS) is 8.80. The van der Waals surface area contributed by atoms with E-state index in [4.69, 9.17) is 20.4 Å². The zero-order valence-electron chi connectivity index (χ0n) is 9.84. The van der Waals surface area contributed by atoms with Gasteiger partial charge >= 0.3 is 0 Å². The molecule has 1 rings (SSSR count). The van der Waals surface area contributed by atoms with Crippen LogP contribution in [0.4, 0.5) is 0 Å². The number of aromatic carboxylic acids is 4. The Morgan fingerprint density at radius 3 is 0.800 bits per heavy atom. The number of rotatable bonds is 4. The van der Waals surface area contributed by atoms with Crippen LogP contribution < -0.4 is 0 Å². The molecular formula is C10H4O8Rf2-2. The van der Waals surface area contributed by atoms with Crippen molar-refractivity contribution in [3.63, 3.8) is 0 Å². The maximum Gasteiger partial charge on any atom is 0.231 e. The fourth-order valence-electron chi connectivity index (χ4n) is 1.14. The molecule has 0 fully saturated rings. The van der Waals surface area contributed by atoms with E-state index in [9.17, 15) is 19.2 Å². The quantitative estimate of drug-likeness (QED) is 0.314. The van der Waals surface area contributed by atoms with Crippen molar-refractivity contribution in [3.8, 4) is 0 Å². The van der Waals surface area contributed by atoms with Crippen LogP contribution in [0.2, 0.25) is 0 Å². The summed E-state index contributed by atoms with van der Waals surface area (Å²) in [5.41, 5.74) is -3.87. The van der Waals surface area contributed by atoms with E-state index < -0.39 is 46.1 Å². The van der Waals surface area contributed by atoms with Crippen molar-refractivity contribution in [3.05, 3.63) is 34.4 Å². The fourth-order valence-corrected chi connectivity index (χ4v) is 1.14. The molecule has 4 N–H and O–H groups in total. The molecule has 10 heteroatoms. The molecule has 20 heavy (non-hydrogen) atoms. The van der Waals surface area contributed by atoms with Gasteiger partial charge in [0, 0.05) is 0 Å². The molecule has 0 radical (unpaired) electrons. The van der Waals surface area contributed by atoms with Crippen LogP contribution in [0.25, 0.3) is 0 Å². The minimum Gasteiger partial charge on any atom is -0.518 e. The Labute approximate surface area is 98.7 Å². The number of carboxylic acid groups (broad SMARTS) is 4. The van der Waals surface area contributed by atoms with E-state index in [2.05, 4.69) is 0 Å². The van der Waals surface area contributed by atoms with Gasteiger partial charge in [0.05, 0.1) is 0 Å². The Morgan fingerprint density at radius 1 is 0.550 bits per heavy atom. The van der Waals surface area contributed by atoms with Gasteiger partial charge in [-0.05, 0) is 0 Å². The summed E-state index contributed by atoms with van der Waals surface area (Å²) < 4.78 is 0. The van der Waals surface area contributed by atoms with E-state index in [0.717, 1.165) is 0 Å². The van der Waals surface area contributed by atoms with Crippen LogP contribution in [0, 0.1) is 12.1 Å². The van der Waals surface area contributed by atoms with E-state index in [0.29, 0.717) is 0 Å². The number of hydrogen-bond acceptors (Lipinski definition) is 4. The minimum absolute atomic E-state index is 0. The summed E-state index contributed by atoms with van der Waals surface area (Å²) in [7, 11) is 0. The second kappa shape index (κ2) is 5.43. The van der Waals surface area contributed by atoms with Crippen LogP contribution in [0.5, 0.6) is 0 Å². The second-order valence-corrected chi connectivity index (χ2v) is 2.97. The van der Waals surface area contributed by atoms with E-state index in [-0.39, 0.29) is 0 Å². The molecule has 0 saturated heterocycles. The summed E-state index contributed by atoms with van der Waals surface area (Å²) in [5.74, 6) is -6.99. The minimum atomic E-state index is -1.75. The molecule has 0 aliphatic heterocycles. The van der Waals surface area contributed by atoms with Gasteiger partial charge in [-0.25, -0.2) is 0 Å². The molecule has 8 nitrogen and oxygen atoms in total. The molecular weight excluding hydrogens is 782 g/mol. The summed E-state index contributed by atoms with van der Waals surface area (Å²) >= 11 is 0. The second-order valence-electron chi connectivity index (χ2n) is 2.97. The molecule has 0 unspecified atom stereocenters. The van der Waals surface area contributed by atoms with E-state index >= 15 is 0 Å². The summed E-state index contributed by atoms with van der Waals surface area (Å²) in [6.07, 6.45) is 0. The van der Waals surface area contributed by atoms with Crippen LogP contribution in [-0.2, 0) is 0 Å². The predicted molar refractivity (Wildman–Crippen MR) is 52.0 cm³/mol. The van der Waals surface area contributed by atoms with Gasteiger partial charge in [0.2, 0.25) is 23.9 Å². The fraction of sp³-hybridized carbons (Fsp3) is 0. The SMILES string of the molecule is O=C(O)c1[c-]c(C(=O)O)c(C(=O)O)[c-]c1C(=O)O.[Rf].[Rf]. The molecule has 0 amide bonds. The first-order chi connectivity index (χ1) is 8.25. The topological polar surface area (TPSA) is 149 Å². The van der Waals surface area contributed by atoms with Crippen molar-refractivity contribution < 1.29 is 39.6 Å². The Balaban J connectivity index is 0. The van der Waals surface area contributed by atoms with Crippen molar-refractivity contribution in [2.45, 2.75) is 0 Å².